The zero-order valence-corrected chi connectivity index (χ0v) is 18.1. The molecule has 0 spiro atoms. The summed E-state index contributed by atoms with van der Waals surface area (Å²) in [5.74, 6) is -0.350. The summed E-state index contributed by atoms with van der Waals surface area (Å²) in [7, 11) is 0. The molecule has 4 heteroatoms. The Morgan fingerprint density at radius 2 is 1.73 bits per heavy atom. The van der Waals surface area contributed by atoms with Gasteiger partial charge >= 0.3 is 0 Å². The predicted octanol–water partition coefficient (Wildman–Crippen LogP) is 5.12. The van der Waals surface area contributed by atoms with Crippen molar-refractivity contribution in [2.45, 2.75) is 70.8 Å². The first-order valence-electron chi connectivity index (χ1n) is 11.4. The van der Waals surface area contributed by atoms with Crippen molar-refractivity contribution < 1.29 is 9.59 Å². The number of amides is 2. The van der Waals surface area contributed by atoms with Crippen LogP contribution in [-0.4, -0.2) is 18.4 Å². The number of carbonyl (C=O) groups excluding carboxylic acids is 2. The van der Waals surface area contributed by atoms with Gasteiger partial charge in [0.05, 0.1) is 12.6 Å². The van der Waals surface area contributed by atoms with Gasteiger partial charge in [-0.15, -0.1) is 0 Å². The fourth-order valence-corrected chi connectivity index (χ4v) is 4.17. The fourth-order valence-electron chi connectivity index (χ4n) is 4.17. The van der Waals surface area contributed by atoms with Gasteiger partial charge in [-0.1, -0.05) is 69.0 Å². The molecule has 0 aromatic heterocycles. The van der Waals surface area contributed by atoms with E-state index >= 15 is 0 Å². The first kappa shape index (κ1) is 22.1. The Morgan fingerprint density at radius 1 is 0.967 bits per heavy atom. The minimum Gasteiger partial charge on any atom is -0.348 e. The van der Waals surface area contributed by atoms with Crippen molar-refractivity contribution in [1.29, 1.82) is 0 Å². The van der Waals surface area contributed by atoms with Gasteiger partial charge in [0.25, 0.3) is 5.91 Å². The molecule has 2 N–H and O–H groups in total. The maximum Gasteiger partial charge on any atom is 0.251 e. The van der Waals surface area contributed by atoms with Crippen molar-refractivity contribution in [1.82, 2.24) is 10.6 Å². The molecule has 0 bridgehead atoms. The van der Waals surface area contributed by atoms with Crippen LogP contribution in [-0.2, 0) is 17.6 Å². The Labute approximate surface area is 180 Å². The second-order valence-corrected chi connectivity index (χ2v) is 8.25. The standard InChI is InChI=1S/C26H34N2O2/c1-2-3-4-5-6-10-20-15-17-22(18-16-20)26(30)27-19-25(29)28-24-14-9-12-21-11-7-8-13-23(21)24/h7-8,11,13,15-18,24H,2-6,9-10,12,14,19H2,1H3,(H,27,30)(H,28,29). The fraction of sp³-hybridized carbons (Fsp3) is 0.462. The number of fused-ring (bicyclic) bond motifs is 1. The highest BCUT2D eigenvalue weighted by atomic mass is 16.2. The molecule has 1 unspecified atom stereocenters. The molecule has 160 valence electrons. The number of carbonyl (C=O) groups is 2. The smallest absolute Gasteiger partial charge is 0.251 e. The Balaban J connectivity index is 1.42. The molecule has 1 atom stereocenters. The van der Waals surface area contributed by atoms with Crippen molar-refractivity contribution in [3.8, 4) is 0 Å². The monoisotopic (exact) mass is 406 g/mol. The van der Waals surface area contributed by atoms with E-state index in [4.69, 9.17) is 0 Å². The molecule has 1 aliphatic rings. The summed E-state index contributed by atoms with van der Waals surface area (Å²) >= 11 is 0. The van der Waals surface area contributed by atoms with E-state index in [1.807, 2.05) is 36.4 Å². The predicted molar refractivity (Wildman–Crippen MR) is 122 cm³/mol. The van der Waals surface area contributed by atoms with Gasteiger partial charge in [-0.25, -0.2) is 0 Å². The number of nitrogens with one attached hydrogen (secondary N) is 2. The van der Waals surface area contributed by atoms with Crippen LogP contribution >= 0.6 is 0 Å². The molecule has 2 aromatic carbocycles. The number of benzene rings is 2. The third-order valence-corrected chi connectivity index (χ3v) is 5.90. The van der Waals surface area contributed by atoms with Gasteiger partial charge in [0.15, 0.2) is 0 Å². The van der Waals surface area contributed by atoms with Crippen LogP contribution in [0.4, 0.5) is 0 Å². The summed E-state index contributed by atoms with van der Waals surface area (Å²) in [5, 5.41) is 5.82. The summed E-state index contributed by atoms with van der Waals surface area (Å²) in [6.45, 7) is 2.22. The van der Waals surface area contributed by atoms with Gasteiger partial charge in [0.2, 0.25) is 5.91 Å². The van der Waals surface area contributed by atoms with Gasteiger partial charge in [-0.3, -0.25) is 9.59 Å². The normalized spacial score (nSPS) is 15.3. The lowest BCUT2D eigenvalue weighted by molar-refractivity contribution is -0.121. The average Bonchev–Trinajstić information content (AvgIpc) is 2.78. The maximum absolute atomic E-state index is 12.4. The van der Waals surface area contributed by atoms with Crippen molar-refractivity contribution in [3.05, 3.63) is 70.8 Å². The van der Waals surface area contributed by atoms with Crippen LogP contribution in [0.3, 0.4) is 0 Å². The van der Waals surface area contributed by atoms with Crippen molar-refractivity contribution in [2.75, 3.05) is 6.54 Å². The molecule has 0 heterocycles. The number of hydrogen-bond acceptors (Lipinski definition) is 2. The van der Waals surface area contributed by atoms with E-state index in [2.05, 4.69) is 29.7 Å². The Hall–Kier alpha value is -2.62. The van der Waals surface area contributed by atoms with E-state index in [0.717, 1.165) is 25.7 Å². The second kappa shape index (κ2) is 11.5. The number of aryl methyl sites for hydroxylation is 2. The molecular formula is C26H34N2O2. The van der Waals surface area contributed by atoms with Crippen LogP contribution in [0.2, 0.25) is 0 Å². The average molecular weight is 407 g/mol. The molecule has 0 saturated heterocycles. The van der Waals surface area contributed by atoms with E-state index in [1.165, 1.54) is 48.8 Å². The van der Waals surface area contributed by atoms with Gasteiger partial charge in [0.1, 0.15) is 0 Å². The van der Waals surface area contributed by atoms with Crippen molar-refractivity contribution >= 4 is 11.8 Å². The molecule has 0 saturated carbocycles. The molecule has 0 radical (unpaired) electrons. The van der Waals surface area contributed by atoms with Gasteiger partial charge < -0.3 is 10.6 Å². The van der Waals surface area contributed by atoms with Crippen LogP contribution in [0.5, 0.6) is 0 Å². The molecule has 2 amide bonds. The molecule has 30 heavy (non-hydrogen) atoms. The highest BCUT2D eigenvalue weighted by molar-refractivity contribution is 5.96. The zero-order valence-electron chi connectivity index (χ0n) is 18.1. The molecule has 3 rings (SSSR count). The highest BCUT2D eigenvalue weighted by Crippen LogP contribution is 2.29. The largest absolute Gasteiger partial charge is 0.348 e. The van der Waals surface area contributed by atoms with E-state index in [9.17, 15) is 9.59 Å². The quantitative estimate of drug-likeness (QED) is 0.538. The van der Waals surface area contributed by atoms with Gasteiger partial charge in [0, 0.05) is 5.56 Å². The summed E-state index contributed by atoms with van der Waals surface area (Å²) < 4.78 is 0. The van der Waals surface area contributed by atoms with E-state index < -0.39 is 0 Å². The summed E-state index contributed by atoms with van der Waals surface area (Å²) in [5.41, 5.74) is 4.37. The van der Waals surface area contributed by atoms with Crippen LogP contribution in [0.25, 0.3) is 0 Å². The Bertz CT molecular complexity index is 829. The molecule has 1 aliphatic carbocycles. The molecule has 0 aliphatic heterocycles. The summed E-state index contributed by atoms with van der Waals surface area (Å²) in [6.07, 6.45) is 10.4. The van der Waals surface area contributed by atoms with Crippen molar-refractivity contribution in [3.63, 3.8) is 0 Å². The molecular weight excluding hydrogens is 372 g/mol. The lowest BCUT2D eigenvalue weighted by Crippen LogP contribution is -2.39. The van der Waals surface area contributed by atoms with Crippen LogP contribution in [0.15, 0.2) is 48.5 Å². The van der Waals surface area contributed by atoms with E-state index in [0.29, 0.717) is 5.56 Å². The topological polar surface area (TPSA) is 58.2 Å². The van der Waals surface area contributed by atoms with E-state index in [1.54, 1.807) is 0 Å². The first-order valence-corrected chi connectivity index (χ1v) is 11.4. The first-order chi connectivity index (χ1) is 14.7. The minimum absolute atomic E-state index is 0.00329. The van der Waals surface area contributed by atoms with Crippen molar-refractivity contribution in [2.24, 2.45) is 0 Å². The summed E-state index contributed by atoms with van der Waals surface area (Å²) in [6, 6.07) is 16.1. The SMILES string of the molecule is CCCCCCCc1ccc(C(=O)NCC(=O)NC2CCCc3ccccc32)cc1. The third-order valence-electron chi connectivity index (χ3n) is 5.90. The Morgan fingerprint density at radius 3 is 2.53 bits per heavy atom. The second-order valence-electron chi connectivity index (χ2n) is 8.25. The van der Waals surface area contributed by atoms with E-state index in [-0.39, 0.29) is 24.4 Å². The van der Waals surface area contributed by atoms with Gasteiger partial charge in [-0.05, 0) is 60.9 Å². The third kappa shape index (κ3) is 6.45. The molecule has 0 fully saturated rings. The lowest BCUT2D eigenvalue weighted by Gasteiger charge is -2.26. The highest BCUT2D eigenvalue weighted by Gasteiger charge is 2.21. The molecule has 2 aromatic rings. The maximum atomic E-state index is 12.4. The van der Waals surface area contributed by atoms with Crippen LogP contribution < -0.4 is 10.6 Å². The number of rotatable bonds is 10. The van der Waals surface area contributed by atoms with Crippen LogP contribution in [0.1, 0.15) is 85.0 Å². The number of hydrogen-bond donors (Lipinski definition) is 2. The molecule has 4 nitrogen and oxygen atoms in total. The zero-order chi connectivity index (χ0) is 21.2. The van der Waals surface area contributed by atoms with Crippen LogP contribution in [0, 0.1) is 0 Å². The van der Waals surface area contributed by atoms with Gasteiger partial charge in [-0.2, -0.15) is 0 Å². The lowest BCUT2D eigenvalue weighted by atomic mass is 9.88. The Kier molecular flexibility index (Phi) is 8.49. The minimum atomic E-state index is -0.205. The number of unbranched alkanes of at least 4 members (excludes halogenated alkanes) is 4. The summed E-state index contributed by atoms with van der Waals surface area (Å²) in [4.78, 5) is 24.8.